The van der Waals surface area contributed by atoms with Crippen molar-refractivity contribution in [2.45, 2.75) is 12.4 Å². The van der Waals surface area contributed by atoms with E-state index in [0.29, 0.717) is 27.1 Å². The number of nitrogens with zero attached hydrogens (tertiary/aromatic N) is 1. The third-order valence-electron chi connectivity index (χ3n) is 2.34. The second-order valence-corrected chi connectivity index (χ2v) is 4.84. The number of nitrogens with one attached hydrogen (secondary N) is 1. The van der Waals surface area contributed by atoms with E-state index in [1.54, 1.807) is 18.2 Å². The Morgan fingerprint density at radius 1 is 1.32 bits per heavy atom. The van der Waals surface area contributed by atoms with Crippen molar-refractivity contribution in [1.29, 1.82) is 0 Å². The van der Waals surface area contributed by atoms with Gasteiger partial charge in [0, 0.05) is 11.1 Å². The molecule has 0 radical (unpaired) electrons. The lowest BCUT2D eigenvalue weighted by molar-refractivity contribution is 0.0947. The van der Waals surface area contributed by atoms with Gasteiger partial charge in [-0.15, -0.1) is 11.6 Å². The topological polar surface area (TPSA) is 55.1 Å². The standard InChI is InChI=1S/C12H9Cl3N2O2/c13-5-8-4-9(19-17-8)6-16-12(18)10-2-1-7(14)3-11(10)15/h1-4H,5-6H2,(H,16,18). The van der Waals surface area contributed by atoms with Crippen LogP contribution < -0.4 is 5.32 Å². The molecule has 0 bridgehead atoms. The molecule has 0 saturated carbocycles. The summed E-state index contributed by atoms with van der Waals surface area (Å²) >= 11 is 17.3. The minimum Gasteiger partial charge on any atom is -0.359 e. The van der Waals surface area contributed by atoms with Crippen molar-refractivity contribution >= 4 is 40.7 Å². The van der Waals surface area contributed by atoms with Crippen LogP contribution in [-0.4, -0.2) is 11.1 Å². The highest BCUT2D eigenvalue weighted by atomic mass is 35.5. The Hall–Kier alpha value is -1.23. The summed E-state index contributed by atoms with van der Waals surface area (Å²) in [6.45, 7) is 0.210. The molecule has 1 N–H and O–H groups in total. The fraction of sp³-hybridized carbons (Fsp3) is 0.167. The van der Waals surface area contributed by atoms with Crippen LogP contribution in [0.1, 0.15) is 21.8 Å². The Bertz CT molecular complexity index is 598. The second kappa shape index (κ2) is 6.28. The number of carbonyl (C=O) groups excluding carboxylic acids is 1. The van der Waals surface area contributed by atoms with Crippen LogP contribution in [0.15, 0.2) is 28.8 Å². The highest BCUT2D eigenvalue weighted by molar-refractivity contribution is 6.36. The monoisotopic (exact) mass is 318 g/mol. The molecule has 100 valence electrons. The molecule has 0 aliphatic rings. The molecule has 0 fully saturated rings. The molecule has 0 unspecified atom stereocenters. The van der Waals surface area contributed by atoms with Crippen molar-refractivity contribution in [3.63, 3.8) is 0 Å². The van der Waals surface area contributed by atoms with Gasteiger partial charge in [0.2, 0.25) is 0 Å². The molecule has 0 saturated heterocycles. The summed E-state index contributed by atoms with van der Waals surface area (Å²) in [4.78, 5) is 11.9. The van der Waals surface area contributed by atoms with E-state index in [0.717, 1.165) is 0 Å². The molecule has 2 rings (SSSR count). The highest BCUT2D eigenvalue weighted by Gasteiger charge is 2.11. The van der Waals surface area contributed by atoms with Gasteiger partial charge < -0.3 is 9.84 Å². The Morgan fingerprint density at radius 3 is 2.74 bits per heavy atom. The first-order valence-electron chi connectivity index (χ1n) is 5.34. The third kappa shape index (κ3) is 3.62. The van der Waals surface area contributed by atoms with E-state index < -0.39 is 0 Å². The molecule has 1 heterocycles. The molecule has 4 nitrogen and oxygen atoms in total. The number of amides is 1. The first-order chi connectivity index (χ1) is 9.10. The summed E-state index contributed by atoms with van der Waals surface area (Å²) in [5.41, 5.74) is 0.971. The summed E-state index contributed by atoms with van der Waals surface area (Å²) in [5.74, 6) is 0.472. The van der Waals surface area contributed by atoms with Gasteiger partial charge in [0.15, 0.2) is 5.76 Å². The Kier molecular flexibility index (Phi) is 4.69. The normalized spacial score (nSPS) is 10.5. The Balaban J connectivity index is 2.01. The zero-order chi connectivity index (χ0) is 13.8. The molecule has 1 aromatic heterocycles. The van der Waals surface area contributed by atoms with Crippen LogP contribution in [0.3, 0.4) is 0 Å². The maximum atomic E-state index is 11.9. The van der Waals surface area contributed by atoms with Crippen LogP contribution in [0.4, 0.5) is 0 Å². The number of hydrogen-bond acceptors (Lipinski definition) is 3. The number of aromatic nitrogens is 1. The fourth-order valence-electron chi connectivity index (χ4n) is 1.44. The smallest absolute Gasteiger partial charge is 0.253 e. The van der Waals surface area contributed by atoms with Crippen molar-refractivity contribution in [2.75, 3.05) is 0 Å². The number of carbonyl (C=O) groups is 1. The number of alkyl halides is 1. The number of benzene rings is 1. The summed E-state index contributed by atoms with van der Waals surface area (Å²) in [7, 11) is 0. The summed E-state index contributed by atoms with van der Waals surface area (Å²) in [5, 5.41) is 7.15. The van der Waals surface area contributed by atoms with Crippen LogP contribution in [0.25, 0.3) is 0 Å². The SMILES string of the molecule is O=C(NCc1cc(CCl)no1)c1ccc(Cl)cc1Cl. The van der Waals surface area contributed by atoms with E-state index in [1.807, 2.05) is 0 Å². The predicted molar refractivity (Wildman–Crippen MR) is 73.7 cm³/mol. The van der Waals surface area contributed by atoms with Crippen molar-refractivity contribution < 1.29 is 9.32 Å². The van der Waals surface area contributed by atoms with Crippen LogP contribution >= 0.6 is 34.8 Å². The van der Waals surface area contributed by atoms with Gasteiger partial charge >= 0.3 is 0 Å². The lowest BCUT2D eigenvalue weighted by Gasteiger charge is -2.05. The minimum absolute atomic E-state index is 0.210. The lowest BCUT2D eigenvalue weighted by Crippen LogP contribution is -2.22. The van der Waals surface area contributed by atoms with Gasteiger partial charge in [-0.3, -0.25) is 4.79 Å². The molecule has 2 aromatic rings. The predicted octanol–water partition coefficient (Wildman–Crippen LogP) is 3.65. The van der Waals surface area contributed by atoms with Crippen LogP contribution in [-0.2, 0) is 12.4 Å². The molecule has 19 heavy (non-hydrogen) atoms. The van der Waals surface area contributed by atoms with Gasteiger partial charge in [0.05, 0.1) is 28.7 Å². The summed E-state index contributed by atoms with van der Waals surface area (Å²) in [6, 6.07) is 6.35. The molecular weight excluding hydrogens is 311 g/mol. The molecule has 1 amide bonds. The largest absolute Gasteiger partial charge is 0.359 e. The quantitative estimate of drug-likeness (QED) is 0.875. The summed E-state index contributed by atoms with van der Waals surface area (Å²) in [6.07, 6.45) is 0. The van der Waals surface area contributed by atoms with Crippen molar-refractivity contribution in [3.8, 4) is 0 Å². The van der Waals surface area contributed by atoms with E-state index >= 15 is 0 Å². The van der Waals surface area contributed by atoms with Gasteiger partial charge in [-0.1, -0.05) is 28.4 Å². The van der Waals surface area contributed by atoms with Gasteiger partial charge in [-0.05, 0) is 18.2 Å². The zero-order valence-corrected chi connectivity index (χ0v) is 11.9. The Morgan fingerprint density at radius 2 is 2.11 bits per heavy atom. The number of rotatable bonds is 4. The second-order valence-electron chi connectivity index (χ2n) is 3.73. The van der Waals surface area contributed by atoms with E-state index in [1.165, 1.54) is 6.07 Å². The van der Waals surface area contributed by atoms with Crippen LogP contribution in [0, 0.1) is 0 Å². The van der Waals surface area contributed by atoms with Crippen LogP contribution in [0.5, 0.6) is 0 Å². The molecule has 0 atom stereocenters. The van der Waals surface area contributed by atoms with E-state index in [4.69, 9.17) is 39.3 Å². The first-order valence-corrected chi connectivity index (χ1v) is 6.63. The number of halogens is 3. The van der Waals surface area contributed by atoms with Gasteiger partial charge in [-0.2, -0.15) is 0 Å². The molecular formula is C12H9Cl3N2O2. The molecule has 0 spiro atoms. The molecule has 7 heteroatoms. The molecule has 1 aromatic carbocycles. The van der Waals surface area contributed by atoms with E-state index in [2.05, 4.69) is 10.5 Å². The molecule has 0 aliphatic heterocycles. The zero-order valence-electron chi connectivity index (χ0n) is 9.62. The van der Waals surface area contributed by atoms with Crippen molar-refractivity contribution in [2.24, 2.45) is 0 Å². The number of hydrogen-bond donors (Lipinski definition) is 1. The highest BCUT2D eigenvalue weighted by Crippen LogP contribution is 2.20. The van der Waals surface area contributed by atoms with Crippen molar-refractivity contribution in [3.05, 3.63) is 51.3 Å². The summed E-state index contributed by atoms with van der Waals surface area (Å²) < 4.78 is 4.99. The van der Waals surface area contributed by atoms with Gasteiger partial charge in [0.25, 0.3) is 5.91 Å². The average Bonchev–Trinajstić information content (AvgIpc) is 2.84. The van der Waals surface area contributed by atoms with E-state index in [-0.39, 0.29) is 18.3 Å². The minimum atomic E-state index is -0.314. The van der Waals surface area contributed by atoms with Gasteiger partial charge in [0.1, 0.15) is 0 Å². The maximum Gasteiger partial charge on any atom is 0.253 e. The third-order valence-corrected chi connectivity index (χ3v) is 3.17. The van der Waals surface area contributed by atoms with E-state index in [9.17, 15) is 4.79 Å². The van der Waals surface area contributed by atoms with Crippen molar-refractivity contribution in [1.82, 2.24) is 10.5 Å². The van der Waals surface area contributed by atoms with Gasteiger partial charge in [-0.25, -0.2) is 0 Å². The lowest BCUT2D eigenvalue weighted by atomic mass is 10.2. The fourth-order valence-corrected chi connectivity index (χ4v) is 2.06. The first kappa shape index (κ1) is 14.2. The average molecular weight is 320 g/mol. The van der Waals surface area contributed by atoms with Crippen LogP contribution in [0.2, 0.25) is 10.0 Å². The molecule has 0 aliphatic carbocycles. The maximum absolute atomic E-state index is 11.9. The Labute approximate surface area is 124 Å².